The van der Waals surface area contributed by atoms with Crippen molar-refractivity contribution >= 4 is 17.6 Å². The van der Waals surface area contributed by atoms with Gasteiger partial charge in [-0.25, -0.2) is 0 Å². The Hall–Kier alpha value is -2.70. The van der Waals surface area contributed by atoms with Crippen molar-refractivity contribution in [2.45, 2.75) is 19.3 Å². The number of nitro groups is 1. The molecule has 1 aliphatic heterocycles. The van der Waals surface area contributed by atoms with E-state index in [4.69, 9.17) is 4.74 Å². The quantitative estimate of drug-likeness (QED) is 0.520. The monoisotopic (exact) mass is 304 g/mol. The molecule has 116 valence electrons. The topological polar surface area (TPSA) is 98.5 Å². The van der Waals surface area contributed by atoms with Crippen molar-refractivity contribution in [1.29, 1.82) is 0 Å². The fourth-order valence-corrected chi connectivity index (χ4v) is 2.59. The Balaban J connectivity index is 2.40. The van der Waals surface area contributed by atoms with E-state index in [1.54, 1.807) is 13.0 Å². The third-order valence-electron chi connectivity index (χ3n) is 3.53. The SMILES string of the molecule is C=C1NC(=O)CC(c2cccc([N+](=O)[O-])c2)C1C(=O)OCC. The maximum Gasteiger partial charge on any atom is 0.315 e. The highest BCUT2D eigenvalue weighted by molar-refractivity contribution is 5.86. The molecule has 1 saturated heterocycles. The van der Waals surface area contributed by atoms with Gasteiger partial charge in [0.25, 0.3) is 5.69 Å². The molecule has 1 aromatic rings. The molecule has 1 amide bonds. The van der Waals surface area contributed by atoms with Crippen LogP contribution >= 0.6 is 0 Å². The molecular formula is C15H16N2O5. The predicted octanol–water partition coefficient (Wildman–Crippen LogP) is 1.89. The molecule has 7 heteroatoms. The zero-order valence-electron chi connectivity index (χ0n) is 12.1. The van der Waals surface area contributed by atoms with Crippen LogP contribution < -0.4 is 5.32 Å². The molecule has 22 heavy (non-hydrogen) atoms. The van der Waals surface area contributed by atoms with Crippen molar-refractivity contribution in [3.8, 4) is 0 Å². The van der Waals surface area contributed by atoms with E-state index in [1.165, 1.54) is 18.2 Å². The summed E-state index contributed by atoms with van der Waals surface area (Å²) in [5.41, 5.74) is 0.714. The lowest BCUT2D eigenvalue weighted by Gasteiger charge is -2.31. The van der Waals surface area contributed by atoms with Crippen molar-refractivity contribution in [3.63, 3.8) is 0 Å². The summed E-state index contributed by atoms with van der Waals surface area (Å²) in [7, 11) is 0. The minimum absolute atomic E-state index is 0.0453. The minimum atomic E-state index is -0.750. The molecule has 0 bridgehead atoms. The second-order valence-corrected chi connectivity index (χ2v) is 4.97. The molecule has 7 nitrogen and oxygen atoms in total. The van der Waals surface area contributed by atoms with Crippen molar-refractivity contribution in [2.75, 3.05) is 6.61 Å². The largest absolute Gasteiger partial charge is 0.465 e. The van der Waals surface area contributed by atoms with E-state index in [-0.39, 0.29) is 30.3 Å². The number of esters is 1. The molecule has 1 aliphatic rings. The predicted molar refractivity (Wildman–Crippen MR) is 77.9 cm³/mol. The third kappa shape index (κ3) is 3.13. The van der Waals surface area contributed by atoms with E-state index >= 15 is 0 Å². The van der Waals surface area contributed by atoms with Gasteiger partial charge in [-0.3, -0.25) is 19.7 Å². The van der Waals surface area contributed by atoms with Crippen LogP contribution in [0.5, 0.6) is 0 Å². The highest BCUT2D eigenvalue weighted by Crippen LogP contribution is 2.37. The van der Waals surface area contributed by atoms with Gasteiger partial charge in [-0.1, -0.05) is 18.7 Å². The van der Waals surface area contributed by atoms with Crippen LogP contribution in [0.2, 0.25) is 0 Å². The van der Waals surface area contributed by atoms with Crippen LogP contribution in [0.25, 0.3) is 0 Å². The molecule has 2 atom stereocenters. The number of nitrogens with one attached hydrogen (secondary N) is 1. The highest BCUT2D eigenvalue weighted by Gasteiger charge is 2.39. The zero-order chi connectivity index (χ0) is 16.3. The van der Waals surface area contributed by atoms with E-state index in [1.807, 2.05) is 0 Å². The number of hydrogen-bond acceptors (Lipinski definition) is 5. The number of nitro benzene ring substituents is 1. The molecule has 2 rings (SSSR count). The molecule has 1 aromatic carbocycles. The van der Waals surface area contributed by atoms with Gasteiger partial charge < -0.3 is 10.1 Å². The van der Waals surface area contributed by atoms with Crippen LogP contribution in [0, 0.1) is 16.0 Å². The summed E-state index contributed by atoms with van der Waals surface area (Å²) in [6, 6.07) is 5.93. The van der Waals surface area contributed by atoms with Crippen molar-refractivity contribution in [3.05, 3.63) is 52.2 Å². The van der Waals surface area contributed by atoms with E-state index in [0.29, 0.717) is 5.56 Å². The number of nitrogens with zero attached hydrogens (tertiary/aromatic N) is 1. The third-order valence-corrected chi connectivity index (χ3v) is 3.53. The van der Waals surface area contributed by atoms with E-state index < -0.39 is 22.7 Å². The van der Waals surface area contributed by atoms with Gasteiger partial charge in [-0.05, 0) is 12.5 Å². The first kappa shape index (κ1) is 15.7. The van der Waals surface area contributed by atoms with Crippen LogP contribution in [0.3, 0.4) is 0 Å². The van der Waals surface area contributed by atoms with Gasteiger partial charge >= 0.3 is 5.97 Å². The van der Waals surface area contributed by atoms with Crippen LogP contribution in [0.1, 0.15) is 24.8 Å². The summed E-state index contributed by atoms with van der Waals surface area (Å²) in [6.45, 7) is 5.61. The molecule has 1 fully saturated rings. The number of carbonyl (C=O) groups excluding carboxylic acids is 2. The van der Waals surface area contributed by atoms with Crippen LogP contribution in [-0.4, -0.2) is 23.4 Å². The first-order valence-corrected chi connectivity index (χ1v) is 6.83. The first-order valence-electron chi connectivity index (χ1n) is 6.83. The summed E-state index contributed by atoms with van der Waals surface area (Å²) in [4.78, 5) is 34.3. The number of rotatable bonds is 4. The second-order valence-electron chi connectivity index (χ2n) is 4.97. The van der Waals surface area contributed by atoms with Gasteiger partial charge in [-0.2, -0.15) is 0 Å². The summed E-state index contributed by atoms with van der Waals surface area (Å²) in [5.74, 6) is -2.05. The van der Waals surface area contributed by atoms with E-state index in [0.717, 1.165) is 0 Å². The van der Waals surface area contributed by atoms with Gasteiger partial charge in [0.2, 0.25) is 5.91 Å². The lowest BCUT2D eigenvalue weighted by atomic mass is 9.79. The molecule has 1 heterocycles. The number of non-ortho nitro benzene ring substituents is 1. The molecule has 0 aliphatic carbocycles. The smallest absolute Gasteiger partial charge is 0.315 e. The molecule has 0 saturated carbocycles. The van der Waals surface area contributed by atoms with Crippen molar-refractivity contribution < 1.29 is 19.2 Å². The van der Waals surface area contributed by atoms with Crippen LogP contribution in [-0.2, 0) is 14.3 Å². The zero-order valence-corrected chi connectivity index (χ0v) is 12.1. The maximum atomic E-state index is 12.1. The van der Waals surface area contributed by atoms with E-state index in [2.05, 4.69) is 11.9 Å². The van der Waals surface area contributed by atoms with Crippen molar-refractivity contribution in [2.24, 2.45) is 5.92 Å². The number of hydrogen-bond donors (Lipinski definition) is 1. The van der Waals surface area contributed by atoms with Gasteiger partial charge in [0, 0.05) is 30.2 Å². The number of benzene rings is 1. The fourth-order valence-electron chi connectivity index (χ4n) is 2.59. The van der Waals surface area contributed by atoms with Gasteiger partial charge in [-0.15, -0.1) is 0 Å². The normalized spacial score (nSPS) is 21.1. The van der Waals surface area contributed by atoms with Crippen LogP contribution in [0.15, 0.2) is 36.5 Å². The Labute approximate surface area is 127 Å². The molecule has 0 aromatic heterocycles. The summed E-state index contributed by atoms with van der Waals surface area (Å²) < 4.78 is 5.03. The lowest BCUT2D eigenvalue weighted by Crippen LogP contribution is -2.41. The highest BCUT2D eigenvalue weighted by atomic mass is 16.6. The second kappa shape index (κ2) is 6.38. The Bertz CT molecular complexity index is 641. The maximum absolute atomic E-state index is 12.1. The summed E-state index contributed by atoms with van der Waals surface area (Å²) in [6.07, 6.45) is 0.0453. The van der Waals surface area contributed by atoms with E-state index in [9.17, 15) is 19.7 Å². The van der Waals surface area contributed by atoms with Gasteiger partial charge in [0.05, 0.1) is 11.5 Å². The summed E-state index contributed by atoms with van der Waals surface area (Å²) >= 11 is 0. The molecule has 0 radical (unpaired) electrons. The summed E-state index contributed by atoms with van der Waals surface area (Å²) in [5, 5.41) is 13.4. The molecule has 2 unspecified atom stereocenters. The van der Waals surface area contributed by atoms with Gasteiger partial charge in [0.15, 0.2) is 0 Å². The number of ether oxygens (including phenoxy) is 1. The lowest BCUT2D eigenvalue weighted by molar-refractivity contribution is -0.384. The molecule has 0 spiro atoms. The fraction of sp³-hybridized carbons (Fsp3) is 0.333. The Morgan fingerprint density at radius 1 is 1.55 bits per heavy atom. The minimum Gasteiger partial charge on any atom is -0.465 e. The Morgan fingerprint density at radius 3 is 2.91 bits per heavy atom. The number of amides is 1. The Kier molecular flexibility index (Phi) is 4.55. The average molecular weight is 304 g/mol. The molecular weight excluding hydrogens is 288 g/mol. The van der Waals surface area contributed by atoms with Gasteiger partial charge in [0.1, 0.15) is 5.92 Å². The number of piperidine rings is 1. The first-order chi connectivity index (χ1) is 10.4. The Morgan fingerprint density at radius 2 is 2.27 bits per heavy atom. The number of carbonyl (C=O) groups is 2. The van der Waals surface area contributed by atoms with Crippen LogP contribution in [0.4, 0.5) is 5.69 Å². The average Bonchev–Trinajstić information content (AvgIpc) is 2.46. The molecule has 1 N–H and O–H groups in total. The standard InChI is InChI=1S/C15H16N2O5/c1-3-22-15(19)14-9(2)16-13(18)8-12(14)10-5-4-6-11(7-10)17(20)21/h4-7,12,14H,2-3,8H2,1H3,(H,16,18). The van der Waals surface area contributed by atoms with Crippen molar-refractivity contribution in [1.82, 2.24) is 5.32 Å².